The summed E-state index contributed by atoms with van der Waals surface area (Å²) in [4.78, 5) is 0. The third-order valence-electron chi connectivity index (χ3n) is 3.90. The summed E-state index contributed by atoms with van der Waals surface area (Å²) in [7, 11) is 0. The molecule has 2 aromatic carbocycles. The van der Waals surface area contributed by atoms with Gasteiger partial charge in [0.1, 0.15) is 0 Å². The molecule has 1 fully saturated rings. The predicted molar refractivity (Wildman–Crippen MR) is 82.6 cm³/mol. The van der Waals surface area contributed by atoms with E-state index >= 15 is 0 Å². The van der Waals surface area contributed by atoms with E-state index in [1.165, 1.54) is 29.5 Å². The minimum absolute atomic E-state index is 0.383. The van der Waals surface area contributed by atoms with Crippen molar-refractivity contribution >= 4 is 11.6 Å². The molecule has 98 valence electrons. The minimum Gasteiger partial charge on any atom is -0.123 e. The lowest BCUT2D eigenvalue weighted by Crippen LogP contribution is -2.02. The molecule has 1 atom stereocenters. The van der Waals surface area contributed by atoms with Gasteiger partial charge in [0, 0.05) is 5.38 Å². The molecule has 0 aliphatic heterocycles. The summed E-state index contributed by atoms with van der Waals surface area (Å²) in [5.74, 6) is 0.797. The van der Waals surface area contributed by atoms with E-state index in [4.69, 9.17) is 11.6 Å². The lowest BCUT2D eigenvalue weighted by molar-refractivity contribution is 0.676. The molecule has 0 spiro atoms. The number of hydrogen-bond donors (Lipinski definition) is 0. The Labute approximate surface area is 120 Å². The highest BCUT2D eigenvalue weighted by Gasteiger charge is 2.29. The van der Waals surface area contributed by atoms with Crippen LogP contribution in [0, 0.1) is 5.92 Å². The summed E-state index contributed by atoms with van der Waals surface area (Å²) < 4.78 is 0. The SMILES string of the molecule is ClC(CCc1ccc(-c2ccccc2)cc1)C1CC1. The van der Waals surface area contributed by atoms with Gasteiger partial charge in [0.2, 0.25) is 0 Å². The first-order valence-electron chi connectivity index (χ1n) is 7.11. The van der Waals surface area contributed by atoms with Crippen LogP contribution in [-0.2, 0) is 6.42 Å². The molecule has 0 saturated heterocycles. The van der Waals surface area contributed by atoms with Gasteiger partial charge in [-0.15, -0.1) is 11.6 Å². The van der Waals surface area contributed by atoms with Gasteiger partial charge in [0.05, 0.1) is 0 Å². The second kappa shape index (κ2) is 5.79. The molecule has 0 heterocycles. The number of hydrogen-bond acceptors (Lipinski definition) is 0. The maximum atomic E-state index is 6.36. The molecule has 3 rings (SSSR count). The normalized spacial score (nSPS) is 16.3. The second-order valence-electron chi connectivity index (χ2n) is 5.46. The fourth-order valence-corrected chi connectivity index (χ4v) is 2.85. The van der Waals surface area contributed by atoms with Crippen LogP contribution in [0.15, 0.2) is 54.6 Å². The zero-order valence-corrected chi connectivity index (χ0v) is 11.8. The summed E-state index contributed by atoms with van der Waals surface area (Å²) in [6.45, 7) is 0. The Morgan fingerprint density at radius 1 is 0.895 bits per heavy atom. The Bertz CT molecular complexity index is 511. The smallest absolute Gasteiger partial charge is 0.0367 e. The van der Waals surface area contributed by atoms with E-state index in [1.807, 2.05) is 0 Å². The Hall–Kier alpha value is -1.27. The van der Waals surface area contributed by atoms with Gasteiger partial charge in [0.15, 0.2) is 0 Å². The molecule has 0 amide bonds. The van der Waals surface area contributed by atoms with E-state index in [9.17, 15) is 0 Å². The van der Waals surface area contributed by atoms with Crippen LogP contribution in [-0.4, -0.2) is 5.38 Å². The van der Waals surface area contributed by atoms with Crippen molar-refractivity contribution in [1.29, 1.82) is 0 Å². The second-order valence-corrected chi connectivity index (χ2v) is 6.02. The van der Waals surface area contributed by atoms with Gasteiger partial charge in [-0.25, -0.2) is 0 Å². The van der Waals surface area contributed by atoms with Crippen molar-refractivity contribution < 1.29 is 0 Å². The van der Waals surface area contributed by atoms with Gasteiger partial charge in [-0.05, 0) is 48.3 Å². The van der Waals surface area contributed by atoms with Crippen LogP contribution in [0.25, 0.3) is 11.1 Å². The standard InChI is InChI=1S/C18H19Cl/c19-18(17-11-12-17)13-8-14-6-9-16(10-7-14)15-4-2-1-3-5-15/h1-7,9-10,17-18H,8,11-13H2. The summed E-state index contributed by atoms with van der Waals surface area (Å²) in [6.07, 6.45) is 4.87. The Balaban J connectivity index is 1.62. The molecule has 1 unspecified atom stereocenters. The zero-order valence-electron chi connectivity index (χ0n) is 11.1. The lowest BCUT2D eigenvalue weighted by atomic mass is 10.0. The molecule has 0 nitrogen and oxygen atoms in total. The molecule has 0 radical (unpaired) electrons. The summed E-state index contributed by atoms with van der Waals surface area (Å²) in [6, 6.07) is 19.4. The lowest BCUT2D eigenvalue weighted by Gasteiger charge is -2.08. The van der Waals surface area contributed by atoms with Crippen LogP contribution in [0.2, 0.25) is 0 Å². The average molecular weight is 271 g/mol. The average Bonchev–Trinajstić information content (AvgIpc) is 3.31. The van der Waals surface area contributed by atoms with Crippen LogP contribution in [0.4, 0.5) is 0 Å². The van der Waals surface area contributed by atoms with Crippen molar-refractivity contribution in [2.24, 2.45) is 5.92 Å². The van der Waals surface area contributed by atoms with Gasteiger partial charge in [0.25, 0.3) is 0 Å². The first-order valence-corrected chi connectivity index (χ1v) is 7.55. The molecule has 0 N–H and O–H groups in total. The molecule has 0 aromatic heterocycles. The summed E-state index contributed by atoms with van der Waals surface area (Å²) in [5, 5.41) is 0.383. The van der Waals surface area contributed by atoms with Crippen molar-refractivity contribution in [3.05, 3.63) is 60.2 Å². The van der Waals surface area contributed by atoms with E-state index in [-0.39, 0.29) is 0 Å². The van der Waals surface area contributed by atoms with Crippen LogP contribution in [0.3, 0.4) is 0 Å². The fourth-order valence-electron chi connectivity index (χ4n) is 2.49. The topological polar surface area (TPSA) is 0 Å². The van der Waals surface area contributed by atoms with Gasteiger partial charge in [-0.2, -0.15) is 0 Å². The third kappa shape index (κ3) is 3.39. The van der Waals surface area contributed by atoms with Gasteiger partial charge in [-0.1, -0.05) is 54.6 Å². The number of benzene rings is 2. The van der Waals surface area contributed by atoms with E-state index < -0.39 is 0 Å². The molecular formula is C18H19Cl. The number of aryl methyl sites for hydroxylation is 1. The molecule has 1 saturated carbocycles. The van der Waals surface area contributed by atoms with Crippen molar-refractivity contribution in [1.82, 2.24) is 0 Å². The highest BCUT2D eigenvalue weighted by Crippen LogP contribution is 2.37. The van der Waals surface area contributed by atoms with E-state index in [2.05, 4.69) is 54.6 Å². The maximum Gasteiger partial charge on any atom is 0.0367 e. The van der Waals surface area contributed by atoms with Crippen molar-refractivity contribution in [2.75, 3.05) is 0 Å². The third-order valence-corrected chi connectivity index (χ3v) is 4.48. The molecule has 19 heavy (non-hydrogen) atoms. The largest absolute Gasteiger partial charge is 0.123 e. The Morgan fingerprint density at radius 3 is 2.16 bits per heavy atom. The van der Waals surface area contributed by atoms with Gasteiger partial charge >= 0.3 is 0 Å². The predicted octanol–water partition coefficient (Wildman–Crippen LogP) is 5.30. The maximum absolute atomic E-state index is 6.36. The summed E-state index contributed by atoms with van der Waals surface area (Å²) in [5.41, 5.74) is 3.96. The quantitative estimate of drug-likeness (QED) is 0.647. The minimum atomic E-state index is 0.383. The number of rotatable bonds is 5. The number of halogens is 1. The van der Waals surface area contributed by atoms with Crippen LogP contribution in [0.5, 0.6) is 0 Å². The first-order chi connectivity index (χ1) is 9.33. The van der Waals surface area contributed by atoms with Gasteiger partial charge < -0.3 is 0 Å². The molecule has 1 aliphatic rings. The molecule has 1 aliphatic carbocycles. The van der Waals surface area contributed by atoms with Crippen molar-refractivity contribution in [3.8, 4) is 11.1 Å². The first kappa shape index (κ1) is 12.7. The van der Waals surface area contributed by atoms with E-state index in [0.29, 0.717) is 5.38 Å². The summed E-state index contributed by atoms with van der Waals surface area (Å²) >= 11 is 6.36. The molecule has 0 bridgehead atoms. The molecular weight excluding hydrogens is 252 g/mol. The van der Waals surface area contributed by atoms with E-state index in [0.717, 1.165) is 18.8 Å². The number of alkyl halides is 1. The fraction of sp³-hybridized carbons (Fsp3) is 0.333. The monoisotopic (exact) mass is 270 g/mol. The molecule has 1 heteroatoms. The van der Waals surface area contributed by atoms with Crippen LogP contribution in [0.1, 0.15) is 24.8 Å². The zero-order chi connectivity index (χ0) is 13.1. The van der Waals surface area contributed by atoms with Crippen LogP contribution >= 0.6 is 11.6 Å². The Kier molecular flexibility index (Phi) is 3.89. The molecule has 2 aromatic rings. The highest BCUT2D eigenvalue weighted by atomic mass is 35.5. The van der Waals surface area contributed by atoms with Gasteiger partial charge in [-0.3, -0.25) is 0 Å². The van der Waals surface area contributed by atoms with Crippen molar-refractivity contribution in [2.45, 2.75) is 31.1 Å². The van der Waals surface area contributed by atoms with Crippen molar-refractivity contribution in [3.63, 3.8) is 0 Å². The van der Waals surface area contributed by atoms with Crippen LogP contribution < -0.4 is 0 Å². The Morgan fingerprint density at radius 2 is 1.53 bits per heavy atom. The highest BCUT2D eigenvalue weighted by molar-refractivity contribution is 6.20. The van der Waals surface area contributed by atoms with E-state index in [1.54, 1.807) is 0 Å².